The van der Waals surface area contributed by atoms with Gasteiger partial charge in [0, 0.05) is 19.3 Å². The lowest BCUT2D eigenvalue weighted by molar-refractivity contribution is 0.292. The smallest absolute Gasteiger partial charge is 0.0547 e. The van der Waals surface area contributed by atoms with E-state index in [1.165, 1.54) is 0 Å². The van der Waals surface area contributed by atoms with Crippen LogP contribution < -0.4 is 11.1 Å². The van der Waals surface area contributed by atoms with Crippen LogP contribution in [0.3, 0.4) is 0 Å². The molecular formula is C8H13N3O. The standard InChI is InChI=1S/C8H13N3O/c9-7-4-8(6-10-5-7)11-2-1-3-12/h4-6,11-12H,1-3,9H2. The van der Waals surface area contributed by atoms with Crippen LogP contribution >= 0.6 is 0 Å². The van der Waals surface area contributed by atoms with Crippen LogP contribution in [0.5, 0.6) is 0 Å². The molecule has 1 aromatic heterocycles. The van der Waals surface area contributed by atoms with Crippen LogP contribution in [0.2, 0.25) is 0 Å². The lowest BCUT2D eigenvalue weighted by Gasteiger charge is -2.04. The van der Waals surface area contributed by atoms with Crippen LogP contribution in [-0.2, 0) is 0 Å². The van der Waals surface area contributed by atoms with E-state index < -0.39 is 0 Å². The molecule has 0 amide bonds. The molecule has 12 heavy (non-hydrogen) atoms. The van der Waals surface area contributed by atoms with Crippen LogP contribution in [0.15, 0.2) is 18.5 Å². The van der Waals surface area contributed by atoms with Crippen molar-refractivity contribution in [3.05, 3.63) is 18.5 Å². The van der Waals surface area contributed by atoms with Crippen molar-refractivity contribution in [3.63, 3.8) is 0 Å². The normalized spacial score (nSPS) is 9.75. The molecule has 1 heterocycles. The van der Waals surface area contributed by atoms with Gasteiger partial charge < -0.3 is 16.2 Å². The Labute approximate surface area is 71.4 Å². The molecule has 0 aliphatic heterocycles. The highest BCUT2D eigenvalue weighted by molar-refractivity contribution is 5.50. The number of nitrogens with one attached hydrogen (secondary N) is 1. The van der Waals surface area contributed by atoms with Crippen molar-refractivity contribution >= 4 is 11.4 Å². The lowest BCUT2D eigenvalue weighted by Crippen LogP contribution is -2.03. The Morgan fingerprint density at radius 1 is 1.50 bits per heavy atom. The summed E-state index contributed by atoms with van der Waals surface area (Å²) >= 11 is 0. The maximum Gasteiger partial charge on any atom is 0.0547 e. The van der Waals surface area contributed by atoms with Gasteiger partial charge in [-0.25, -0.2) is 0 Å². The van der Waals surface area contributed by atoms with E-state index in [2.05, 4.69) is 10.3 Å². The molecule has 0 unspecified atom stereocenters. The summed E-state index contributed by atoms with van der Waals surface area (Å²) in [5, 5.41) is 11.6. The molecule has 0 radical (unpaired) electrons. The van der Waals surface area contributed by atoms with Gasteiger partial charge in [-0.15, -0.1) is 0 Å². The second-order valence-corrected chi connectivity index (χ2v) is 2.51. The third-order valence-corrected chi connectivity index (χ3v) is 1.42. The largest absolute Gasteiger partial charge is 0.397 e. The van der Waals surface area contributed by atoms with Crippen molar-refractivity contribution in [1.82, 2.24) is 4.98 Å². The molecule has 0 aliphatic rings. The molecule has 66 valence electrons. The molecule has 0 aliphatic carbocycles. The van der Waals surface area contributed by atoms with Crippen LogP contribution in [0, 0.1) is 0 Å². The lowest BCUT2D eigenvalue weighted by atomic mass is 10.3. The highest BCUT2D eigenvalue weighted by Crippen LogP contribution is 2.08. The van der Waals surface area contributed by atoms with Crippen molar-refractivity contribution < 1.29 is 5.11 Å². The predicted octanol–water partition coefficient (Wildman–Crippen LogP) is 0.458. The third-order valence-electron chi connectivity index (χ3n) is 1.42. The summed E-state index contributed by atoms with van der Waals surface area (Å²) in [5.74, 6) is 0. The summed E-state index contributed by atoms with van der Waals surface area (Å²) < 4.78 is 0. The molecule has 0 fully saturated rings. The quantitative estimate of drug-likeness (QED) is 0.570. The van der Waals surface area contributed by atoms with Crippen LogP contribution in [0.1, 0.15) is 6.42 Å². The van der Waals surface area contributed by atoms with Crippen molar-refractivity contribution in [2.24, 2.45) is 0 Å². The first-order chi connectivity index (χ1) is 5.83. The van der Waals surface area contributed by atoms with E-state index in [0.29, 0.717) is 5.69 Å². The van der Waals surface area contributed by atoms with E-state index in [-0.39, 0.29) is 6.61 Å². The monoisotopic (exact) mass is 167 g/mol. The number of aliphatic hydroxyl groups excluding tert-OH is 1. The first-order valence-corrected chi connectivity index (χ1v) is 3.88. The summed E-state index contributed by atoms with van der Waals surface area (Å²) in [6.45, 7) is 0.935. The minimum atomic E-state index is 0.197. The molecule has 1 rings (SSSR count). The number of rotatable bonds is 4. The average molecular weight is 167 g/mol. The first-order valence-electron chi connectivity index (χ1n) is 3.88. The molecule has 0 spiro atoms. The summed E-state index contributed by atoms with van der Waals surface area (Å²) in [6.07, 6.45) is 4.03. The summed E-state index contributed by atoms with van der Waals surface area (Å²) in [4.78, 5) is 3.91. The highest BCUT2D eigenvalue weighted by Gasteiger charge is 1.91. The van der Waals surface area contributed by atoms with Gasteiger partial charge >= 0.3 is 0 Å². The Balaban J connectivity index is 2.41. The number of anilines is 2. The van der Waals surface area contributed by atoms with E-state index in [9.17, 15) is 0 Å². The first kappa shape index (κ1) is 8.80. The molecule has 4 heteroatoms. The van der Waals surface area contributed by atoms with Gasteiger partial charge in [0.2, 0.25) is 0 Å². The van der Waals surface area contributed by atoms with Crippen molar-refractivity contribution in [2.45, 2.75) is 6.42 Å². The van der Waals surface area contributed by atoms with Gasteiger partial charge in [-0.3, -0.25) is 4.98 Å². The maximum atomic E-state index is 8.52. The Morgan fingerprint density at radius 2 is 2.33 bits per heavy atom. The van der Waals surface area contributed by atoms with Gasteiger partial charge in [0.15, 0.2) is 0 Å². The molecule has 0 aromatic carbocycles. The molecule has 0 saturated carbocycles. The van der Waals surface area contributed by atoms with E-state index in [1.807, 2.05) is 6.07 Å². The van der Waals surface area contributed by atoms with Crippen molar-refractivity contribution in [1.29, 1.82) is 0 Å². The molecule has 4 nitrogen and oxygen atoms in total. The number of nitrogens with zero attached hydrogens (tertiary/aromatic N) is 1. The molecular weight excluding hydrogens is 154 g/mol. The summed E-state index contributed by atoms with van der Waals surface area (Å²) in [7, 11) is 0. The SMILES string of the molecule is Nc1cncc(NCCCO)c1. The molecule has 0 saturated heterocycles. The zero-order valence-electron chi connectivity index (χ0n) is 6.83. The average Bonchev–Trinajstić information content (AvgIpc) is 2.05. The third kappa shape index (κ3) is 2.75. The fraction of sp³-hybridized carbons (Fsp3) is 0.375. The Bertz CT molecular complexity index is 239. The van der Waals surface area contributed by atoms with Crippen LogP contribution in [0.4, 0.5) is 11.4 Å². The number of aromatic nitrogens is 1. The number of hydrogen-bond donors (Lipinski definition) is 3. The van der Waals surface area contributed by atoms with Gasteiger partial charge in [-0.2, -0.15) is 0 Å². The Morgan fingerprint density at radius 3 is 3.00 bits per heavy atom. The fourth-order valence-corrected chi connectivity index (χ4v) is 0.866. The van der Waals surface area contributed by atoms with Crippen molar-refractivity contribution in [2.75, 3.05) is 24.2 Å². The van der Waals surface area contributed by atoms with E-state index in [1.54, 1.807) is 12.4 Å². The van der Waals surface area contributed by atoms with Crippen LogP contribution in [-0.4, -0.2) is 23.2 Å². The number of nitrogens with two attached hydrogens (primary N) is 1. The van der Waals surface area contributed by atoms with Gasteiger partial charge in [0.1, 0.15) is 0 Å². The maximum absolute atomic E-state index is 8.52. The minimum absolute atomic E-state index is 0.197. The van der Waals surface area contributed by atoms with Gasteiger partial charge in [-0.1, -0.05) is 0 Å². The van der Waals surface area contributed by atoms with Crippen LogP contribution in [0.25, 0.3) is 0 Å². The van der Waals surface area contributed by atoms with Gasteiger partial charge in [0.05, 0.1) is 17.6 Å². The Hall–Kier alpha value is -1.29. The van der Waals surface area contributed by atoms with E-state index >= 15 is 0 Å². The fourth-order valence-electron chi connectivity index (χ4n) is 0.866. The second kappa shape index (κ2) is 4.56. The van der Waals surface area contributed by atoms with Crippen molar-refractivity contribution in [3.8, 4) is 0 Å². The zero-order chi connectivity index (χ0) is 8.81. The number of aliphatic hydroxyl groups is 1. The van der Waals surface area contributed by atoms with Gasteiger partial charge in [0.25, 0.3) is 0 Å². The highest BCUT2D eigenvalue weighted by atomic mass is 16.3. The Kier molecular flexibility index (Phi) is 3.35. The van der Waals surface area contributed by atoms with Gasteiger partial charge in [-0.05, 0) is 12.5 Å². The number of hydrogen-bond acceptors (Lipinski definition) is 4. The van der Waals surface area contributed by atoms with E-state index in [4.69, 9.17) is 10.8 Å². The van der Waals surface area contributed by atoms with E-state index in [0.717, 1.165) is 18.7 Å². The predicted molar refractivity (Wildman–Crippen MR) is 48.8 cm³/mol. The molecule has 0 bridgehead atoms. The number of pyridine rings is 1. The second-order valence-electron chi connectivity index (χ2n) is 2.51. The topological polar surface area (TPSA) is 71.2 Å². The molecule has 4 N–H and O–H groups in total. The summed E-state index contributed by atoms with van der Waals surface area (Å²) in [5.41, 5.74) is 7.05. The molecule has 1 aromatic rings. The number of nitrogen functional groups attached to an aromatic ring is 1. The molecule has 0 atom stereocenters. The summed E-state index contributed by atoms with van der Waals surface area (Å²) in [6, 6.07) is 1.81. The zero-order valence-corrected chi connectivity index (χ0v) is 6.83. The minimum Gasteiger partial charge on any atom is -0.397 e.